The summed E-state index contributed by atoms with van der Waals surface area (Å²) in [6, 6.07) is -0.183. The van der Waals surface area contributed by atoms with Crippen molar-refractivity contribution in [3.8, 4) is 0 Å². The van der Waals surface area contributed by atoms with Crippen LogP contribution in [0.1, 0.15) is 45.4 Å². The molecule has 2 fully saturated rings. The fourth-order valence-corrected chi connectivity index (χ4v) is 3.17. The second kappa shape index (κ2) is 7.11. The largest absolute Gasteiger partial charge is 0.481 e. The number of carbonyl (C=O) groups is 2. The van der Waals surface area contributed by atoms with Gasteiger partial charge in [-0.05, 0) is 45.7 Å². The van der Waals surface area contributed by atoms with Crippen molar-refractivity contribution in [3.05, 3.63) is 0 Å². The van der Waals surface area contributed by atoms with E-state index in [9.17, 15) is 14.7 Å². The molecule has 0 aromatic carbocycles. The number of nitrogens with zero attached hydrogens (tertiary/aromatic N) is 1. The molecule has 0 radical (unpaired) electrons. The molecule has 6 nitrogen and oxygen atoms in total. The van der Waals surface area contributed by atoms with Gasteiger partial charge in [0.1, 0.15) is 0 Å². The van der Waals surface area contributed by atoms with E-state index < -0.39 is 11.4 Å². The van der Waals surface area contributed by atoms with Crippen LogP contribution in [0.15, 0.2) is 0 Å². The number of piperidine rings is 1. The van der Waals surface area contributed by atoms with Gasteiger partial charge in [-0.15, -0.1) is 0 Å². The van der Waals surface area contributed by atoms with Gasteiger partial charge in [-0.2, -0.15) is 0 Å². The minimum absolute atomic E-state index is 0.0743. The SMILES string of the molecule is CC(CN1CCCCC1)NC(=O)NCC1(C(=O)O)CCC1. The number of nitrogens with one attached hydrogen (secondary N) is 2. The maximum atomic E-state index is 11.9. The number of carboxylic acid groups (broad SMARTS) is 1. The van der Waals surface area contributed by atoms with Crippen LogP contribution >= 0.6 is 0 Å². The maximum absolute atomic E-state index is 11.9. The first-order chi connectivity index (χ1) is 10.0. The molecule has 3 N–H and O–H groups in total. The Bertz CT molecular complexity index is 376. The van der Waals surface area contributed by atoms with E-state index in [2.05, 4.69) is 15.5 Å². The molecule has 0 bridgehead atoms. The molecule has 1 unspecified atom stereocenters. The van der Waals surface area contributed by atoms with Gasteiger partial charge < -0.3 is 20.6 Å². The molecule has 0 aromatic rings. The van der Waals surface area contributed by atoms with Crippen LogP contribution in [0.4, 0.5) is 4.79 Å². The minimum Gasteiger partial charge on any atom is -0.481 e. The minimum atomic E-state index is -0.796. The highest BCUT2D eigenvalue weighted by Gasteiger charge is 2.44. The molecule has 1 heterocycles. The molecular weight excluding hydrogens is 270 g/mol. The highest BCUT2D eigenvalue weighted by Crippen LogP contribution is 2.40. The van der Waals surface area contributed by atoms with Gasteiger partial charge in [0.05, 0.1) is 5.41 Å². The number of hydrogen-bond acceptors (Lipinski definition) is 3. The van der Waals surface area contributed by atoms with Crippen molar-refractivity contribution in [2.45, 2.75) is 51.5 Å². The third kappa shape index (κ3) is 4.33. The summed E-state index contributed by atoms with van der Waals surface area (Å²) in [5.41, 5.74) is -0.729. The van der Waals surface area contributed by atoms with Gasteiger partial charge in [0.15, 0.2) is 0 Å². The zero-order chi connectivity index (χ0) is 15.3. The van der Waals surface area contributed by atoms with Gasteiger partial charge in [-0.3, -0.25) is 4.79 Å². The van der Waals surface area contributed by atoms with Gasteiger partial charge in [0.2, 0.25) is 0 Å². The summed E-state index contributed by atoms with van der Waals surface area (Å²) in [7, 11) is 0. The number of urea groups is 1. The van der Waals surface area contributed by atoms with E-state index in [0.717, 1.165) is 26.1 Å². The van der Waals surface area contributed by atoms with E-state index in [1.165, 1.54) is 19.3 Å². The molecule has 1 aliphatic heterocycles. The van der Waals surface area contributed by atoms with Crippen molar-refractivity contribution in [3.63, 3.8) is 0 Å². The average Bonchev–Trinajstić information content (AvgIpc) is 2.37. The van der Waals surface area contributed by atoms with Gasteiger partial charge in [-0.25, -0.2) is 4.79 Å². The standard InChI is InChI=1S/C15H27N3O3/c1-12(10-18-8-3-2-4-9-18)17-14(21)16-11-15(13(19)20)6-5-7-15/h12H,2-11H2,1H3,(H,19,20)(H2,16,17,21). The van der Waals surface area contributed by atoms with E-state index in [-0.39, 0.29) is 18.6 Å². The van der Waals surface area contributed by atoms with Crippen molar-refractivity contribution in [2.75, 3.05) is 26.2 Å². The second-order valence-electron chi connectivity index (χ2n) is 6.53. The Kier molecular flexibility index (Phi) is 5.45. The lowest BCUT2D eigenvalue weighted by Gasteiger charge is -2.37. The molecule has 6 heteroatoms. The zero-order valence-corrected chi connectivity index (χ0v) is 12.9. The molecule has 1 saturated heterocycles. The van der Waals surface area contributed by atoms with Crippen LogP contribution in [-0.2, 0) is 4.79 Å². The lowest BCUT2D eigenvalue weighted by molar-refractivity contribution is -0.153. The van der Waals surface area contributed by atoms with E-state index in [1.54, 1.807) is 0 Å². The topological polar surface area (TPSA) is 81.7 Å². The number of aliphatic carboxylic acids is 1. The summed E-state index contributed by atoms with van der Waals surface area (Å²) in [6.45, 7) is 5.29. The zero-order valence-electron chi connectivity index (χ0n) is 12.9. The summed E-state index contributed by atoms with van der Waals surface area (Å²) in [4.78, 5) is 25.5. The van der Waals surface area contributed by atoms with Crippen LogP contribution in [0.2, 0.25) is 0 Å². The fourth-order valence-electron chi connectivity index (χ4n) is 3.17. The molecule has 0 spiro atoms. The van der Waals surface area contributed by atoms with Gasteiger partial charge in [0, 0.05) is 19.1 Å². The fraction of sp³-hybridized carbons (Fsp3) is 0.867. The third-order valence-corrected chi connectivity index (χ3v) is 4.71. The smallest absolute Gasteiger partial charge is 0.315 e. The lowest BCUT2D eigenvalue weighted by atomic mass is 9.69. The predicted octanol–water partition coefficient (Wildman–Crippen LogP) is 1.41. The first kappa shape index (κ1) is 16.1. The van der Waals surface area contributed by atoms with Gasteiger partial charge in [-0.1, -0.05) is 12.8 Å². The molecule has 2 amide bonds. The Hall–Kier alpha value is -1.30. The third-order valence-electron chi connectivity index (χ3n) is 4.71. The number of hydrogen-bond donors (Lipinski definition) is 3. The summed E-state index contributed by atoms with van der Waals surface area (Å²) in [5, 5.41) is 14.8. The molecule has 1 saturated carbocycles. The van der Waals surface area contributed by atoms with Crippen LogP contribution in [0.25, 0.3) is 0 Å². The monoisotopic (exact) mass is 297 g/mol. The van der Waals surface area contributed by atoms with E-state index in [0.29, 0.717) is 12.8 Å². The molecule has 120 valence electrons. The van der Waals surface area contributed by atoms with E-state index >= 15 is 0 Å². The predicted molar refractivity (Wildman–Crippen MR) is 80.2 cm³/mol. The first-order valence-corrected chi connectivity index (χ1v) is 8.02. The quantitative estimate of drug-likeness (QED) is 0.692. The molecule has 1 atom stereocenters. The van der Waals surface area contributed by atoms with Gasteiger partial charge in [0.25, 0.3) is 0 Å². The molecule has 2 rings (SSSR count). The Balaban J connectivity index is 1.67. The average molecular weight is 297 g/mol. The summed E-state index contributed by atoms with van der Waals surface area (Å²) >= 11 is 0. The van der Waals surface area contributed by atoms with Crippen LogP contribution in [-0.4, -0.2) is 54.2 Å². The van der Waals surface area contributed by atoms with E-state index in [1.807, 2.05) is 6.92 Å². The molecule has 1 aliphatic carbocycles. The number of carbonyl (C=O) groups excluding carboxylic acids is 1. The van der Waals surface area contributed by atoms with E-state index in [4.69, 9.17) is 0 Å². The normalized spacial score (nSPS) is 22.9. The highest BCUT2D eigenvalue weighted by atomic mass is 16.4. The molecule has 2 aliphatic rings. The number of amides is 2. The Morgan fingerprint density at radius 3 is 2.38 bits per heavy atom. The molecular formula is C15H27N3O3. The summed E-state index contributed by atoms with van der Waals surface area (Å²) < 4.78 is 0. The highest BCUT2D eigenvalue weighted by molar-refractivity contribution is 5.78. The number of rotatable bonds is 6. The Labute approximate surface area is 126 Å². The number of carboxylic acids is 1. The van der Waals surface area contributed by atoms with Crippen molar-refractivity contribution in [1.82, 2.24) is 15.5 Å². The van der Waals surface area contributed by atoms with Gasteiger partial charge >= 0.3 is 12.0 Å². The molecule has 0 aromatic heterocycles. The van der Waals surface area contributed by atoms with Crippen LogP contribution in [0, 0.1) is 5.41 Å². The van der Waals surface area contributed by atoms with Crippen molar-refractivity contribution < 1.29 is 14.7 Å². The van der Waals surface area contributed by atoms with Crippen molar-refractivity contribution in [2.24, 2.45) is 5.41 Å². The summed E-state index contributed by atoms with van der Waals surface area (Å²) in [5.74, 6) is -0.796. The van der Waals surface area contributed by atoms with Crippen LogP contribution in [0.5, 0.6) is 0 Å². The van der Waals surface area contributed by atoms with Crippen LogP contribution < -0.4 is 10.6 Å². The maximum Gasteiger partial charge on any atom is 0.315 e. The molecule has 21 heavy (non-hydrogen) atoms. The second-order valence-corrected chi connectivity index (χ2v) is 6.53. The Morgan fingerprint density at radius 2 is 1.86 bits per heavy atom. The number of likely N-dealkylation sites (tertiary alicyclic amines) is 1. The first-order valence-electron chi connectivity index (χ1n) is 8.02. The Morgan fingerprint density at radius 1 is 1.19 bits per heavy atom. The van der Waals surface area contributed by atoms with Crippen LogP contribution in [0.3, 0.4) is 0 Å². The van der Waals surface area contributed by atoms with Crippen molar-refractivity contribution >= 4 is 12.0 Å². The summed E-state index contributed by atoms with van der Waals surface area (Å²) in [6.07, 6.45) is 6.02. The van der Waals surface area contributed by atoms with Crippen molar-refractivity contribution in [1.29, 1.82) is 0 Å². The lowest BCUT2D eigenvalue weighted by Crippen LogP contribution is -2.52.